The van der Waals surface area contributed by atoms with Crippen molar-refractivity contribution < 1.29 is 0 Å². The Morgan fingerprint density at radius 2 is 2.31 bits per heavy atom. The second-order valence-electron chi connectivity index (χ2n) is 5.05. The van der Waals surface area contributed by atoms with Crippen LogP contribution >= 0.6 is 0 Å². The third-order valence-corrected chi connectivity index (χ3v) is 3.53. The molecule has 1 aliphatic carbocycles. The molecule has 1 aromatic heterocycles. The van der Waals surface area contributed by atoms with Crippen LogP contribution in [0.3, 0.4) is 0 Å². The zero-order chi connectivity index (χ0) is 11.6. The van der Waals surface area contributed by atoms with E-state index in [9.17, 15) is 0 Å². The van der Waals surface area contributed by atoms with E-state index >= 15 is 0 Å². The molecule has 0 radical (unpaired) electrons. The number of aromatic nitrogens is 1. The first-order valence-electron chi connectivity index (χ1n) is 6.10. The summed E-state index contributed by atoms with van der Waals surface area (Å²) in [6, 6.07) is 2.25. The van der Waals surface area contributed by atoms with Crippen molar-refractivity contribution in [1.29, 1.82) is 0 Å². The number of anilines is 1. The predicted molar refractivity (Wildman–Crippen MR) is 67.0 cm³/mol. The normalized spacial score (nSPS) is 19.4. The molecule has 0 bridgehead atoms. The number of nitrogens with one attached hydrogen (secondary N) is 1. The molecule has 0 spiro atoms. The third kappa shape index (κ3) is 2.19. The lowest BCUT2D eigenvalue weighted by Gasteiger charge is -2.26. The predicted octanol–water partition coefficient (Wildman–Crippen LogP) is 2.50. The maximum Gasteiger partial charge on any atom is 0.0410 e. The highest BCUT2D eigenvalue weighted by Gasteiger charge is 2.45. The van der Waals surface area contributed by atoms with Crippen LogP contribution in [0.5, 0.6) is 0 Å². The Labute approximate surface area is 97.5 Å². The molecule has 0 amide bonds. The summed E-state index contributed by atoms with van der Waals surface area (Å²) in [6.45, 7) is 5.55. The van der Waals surface area contributed by atoms with Crippen LogP contribution in [0.15, 0.2) is 18.5 Å². The van der Waals surface area contributed by atoms with E-state index in [0.29, 0.717) is 11.5 Å². The molecule has 3 nitrogen and oxygen atoms in total. The lowest BCUT2D eigenvalue weighted by atomic mass is 9.91. The number of rotatable bonds is 5. The van der Waals surface area contributed by atoms with Gasteiger partial charge in [0, 0.05) is 29.7 Å². The summed E-state index contributed by atoms with van der Waals surface area (Å²) in [5.41, 5.74) is 8.44. The van der Waals surface area contributed by atoms with Crippen molar-refractivity contribution in [3.63, 3.8) is 0 Å². The van der Waals surface area contributed by atoms with E-state index in [0.717, 1.165) is 24.2 Å². The number of hydrogen-bond donors (Lipinski definition) is 2. The number of pyridine rings is 1. The average molecular weight is 219 g/mol. The largest absolute Gasteiger partial charge is 0.398 e. The van der Waals surface area contributed by atoms with Crippen LogP contribution in [0.1, 0.15) is 44.7 Å². The highest BCUT2D eigenvalue weighted by atomic mass is 15.0. The summed E-state index contributed by atoms with van der Waals surface area (Å²) in [5.74, 6) is 0. The fourth-order valence-corrected chi connectivity index (χ4v) is 2.16. The Morgan fingerprint density at radius 1 is 1.56 bits per heavy atom. The maximum atomic E-state index is 6.04. The molecule has 0 aliphatic heterocycles. The van der Waals surface area contributed by atoms with E-state index in [1.807, 2.05) is 12.3 Å². The maximum absolute atomic E-state index is 6.04. The van der Waals surface area contributed by atoms with Gasteiger partial charge in [0.1, 0.15) is 0 Å². The zero-order valence-corrected chi connectivity index (χ0v) is 10.2. The van der Waals surface area contributed by atoms with Crippen LogP contribution in [0.4, 0.5) is 5.69 Å². The Balaban J connectivity index is 2.21. The summed E-state index contributed by atoms with van der Waals surface area (Å²) in [7, 11) is 0. The zero-order valence-electron chi connectivity index (χ0n) is 10.2. The van der Waals surface area contributed by atoms with Gasteiger partial charge in [-0.25, -0.2) is 0 Å². The Hall–Kier alpha value is -1.09. The molecule has 1 fully saturated rings. The summed E-state index contributed by atoms with van der Waals surface area (Å²) in [6.07, 6.45) is 7.37. The molecule has 1 saturated carbocycles. The van der Waals surface area contributed by atoms with Crippen LogP contribution < -0.4 is 11.1 Å². The summed E-state index contributed by atoms with van der Waals surface area (Å²) >= 11 is 0. The third-order valence-electron chi connectivity index (χ3n) is 3.53. The van der Waals surface area contributed by atoms with Gasteiger partial charge in [0.2, 0.25) is 0 Å². The quantitative estimate of drug-likeness (QED) is 0.800. The van der Waals surface area contributed by atoms with E-state index in [2.05, 4.69) is 24.1 Å². The fraction of sp³-hybridized carbons (Fsp3) is 0.615. The van der Waals surface area contributed by atoms with E-state index < -0.39 is 0 Å². The van der Waals surface area contributed by atoms with Gasteiger partial charge in [0.15, 0.2) is 0 Å². The van der Waals surface area contributed by atoms with E-state index in [1.54, 1.807) is 6.20 Å². The molecular weight excluding hydrogens is 198 g/mol. The number of nitrogen functional groups attached to an aromatic ring is 1. The minimum atomic E-state index is 0.362. The second kappa shape index (κ2) is 4.42. The number of nitrogens with zero attached hydrogens (tertiary/aromatic N) is 1. The second-order valence-corrected chi connectivity index (χ2v) is 5.05. The van der Waals surface area contributed by atoms with Crippen molar-refractivity contribution in [3.05, 3.63) is 24.0 Å². The van der Waals surface area contributed by atoms with Gasteiger partial charge in [-0.2, -0.15) is 0 Å². The molecule has 3 N–H and O–H groups in total. The lowest BCUT2D eigenvalue weighted by Crippen LogP contribution is -2.29. The van der Waals surface area contributed by atoms with Gasteiger partial charge < -0.3 is 11.1 Å². The van der Waals surface area contributed by atoms with E-state index in [4.69, 9.17) is 5.73 Å². The standard InChI is InChI=1S/C13H21N3/c1-3-7-16-12(13(2)5-6-13)10-9-15-8-4-11(10)14/h4,8-9,12,16H,3,5-7H2,1-2H3,(H2,14,15). The summed E-state index contributed by atoms with van der Waals surface area (Å²) in [5, 5.41) is 3.61. The first kappa shape index (κ1) is 11.4. The molecular formula is C13H21N3. The Bertz CT molecular complexity index is 358. The average Bonchev–Trinajstić information content (AvgIpc) is 3.00. The molecule has 1 aromatic rings. The smallest absolute Gasteiger partial charge is 0.0410 e. The number of nitrogens with two attached hydrogens (primary N) is 1. The molecule has 1 aliphatic rings. The number of hydrogen-bond acceptors (Lipinski definition) is 3. The molecule has 16 heavy (non-hydrogen) atoms. The topological polar surface area (TPSA) is 50.9 Å². The van der Waals surface area contributed by atoms with Crippen molar-refractivity contribution in [3.8, 4) is 0 Å². The highest BCUT2D eigenvalue weighted by Crippen LogP contribution is 2.55. The molecule has 0 aromatic carbocycles. The van der Waals surface area contributed by atoms with Crippen LogP contribution in [0.2, 0.25) is 0 Å². The van der Waals surface area contributed by atoms with Gasteiger partial charge >= 0.3 is 0 Å². The molecule has 3 heteroatoms. The molecule has 0 saturated heterocycles. The monoisotopic (exact) mass is 219 g/mol. The SMILES string of the molecule is CCCNC(c1cnccc1N)C1(C)CC1. The van der Waals surface area contributed by atoms with Crippen molar-refractivity contribution in [2.45, 2.75) is 39.2 Å². The summed E-state index contributed by atoms with van der Waals surface area (Å²) in [4.78, 5) is 4.20. The van der Waals surface area contributed by atoms with Gasteiger partial charge in [-0.1, -0.05) is 13.8 Å². The van der Waals surface area contributed by atoms with Gasteiger partial charge in [0.25, 0.3) is 0 Å². The molecule has 1 atom stereocenters. The molecule has 1 heterocycles. The minimum Gasteiger partial charge on any atom is -0.398 e. The molecule has 2 rings (SSSR count). The fourth-order valence-electron chi connectivity index (χ4n) is 2.16. The molecule has 1 unspecified atom stereocenters. The van der Waals surface area contributed by atoms with Gasteiger partial charge in [0.05, 0.1) is 0 Å². The Morgan fingerprint density at radius 3 is 2.88 bits per heavy atom. The van der Waals surface area contributed by atoms with Crippen molar-refractivity contribution in [2.75, 3.05) is 12.3 Å². The lowest BCUT2D eigenvalue weighted by molar-refractivity contribution is 0.367. The highest BCUT2D eigenvalue weighted by molar-refractivity contribution is 5.47. The van der Waals surface area contributed by atoms with Crippen LogP contribution in [0.25, 0.3) is 0 Å². The first-order chi connectivity index (χ1) is 7.67. The molecule has 88 valence electrons. The van der Waals surface area contributed by atoms with Crippen molar-refractivity contribution in [1.82, 2.24) is 10.3 Å². The summed E-state index contributed by atoms with van der Waals surface area (Å²) < 4.78 is 0. The van der Waals surface area contributed by atoms with E-state index in [1.165, 1.54) is 12.8 Å². The van der Waals surface area contributed by atoms with E-state index in [-0.39, 0.29) is 0 Å². The van der Waals surface area contributed by atoms with Crippen molar-refractivity contribution >= 4 is 5.69 Å². The van der Waals surface area contributed by atoms with Crippen LogP contribution in [0, 0.1) is 5.41 Å². The van der Waals surface area contributed by atoms with Crippen LogP contribution in [-0.4, -0.2) is 11.5 Å². The van der Waals surface area contributed by atoms with Gasteiger partial charge in [-0.15, -0.1) is 0 Å². The van der Waals surface area contributed by atoms with Gasteiger partial charge in [-0.05, 0) is 37.3 Å². The van der Waals surface area contributed by atoms with Crippen LogP contribution in [-0.2, 0) is 0 Å². The Kier molecular flexibility index (Phi) is 3.15. The minimum absolute atomic E-state index is 0.362. The van der Waals surface area contributed by atoms with Crippen molar-refractivity contribution in [2.24, 2.45) is 5.41 Å². The van der Waals surface area contributed by atoms with Gasteiger partial charge in [-0.3, -0.25) is 4.98 Å². The first-order valence-corrected chi connectivity index (χ1v) is 6.10.